The summed E-state index contributed by atoms with van der Waals surface area (Å²) < 4.78 is 130. The number of primary sulfonamides is 1. The molecule has 0 unspecified atom stereocenters. The smallest absolute Gasteiger partial charge is 0.346 e. The van der Waals surface area contributed by atoms with Crippen molar-refractivity contribution in [3.05, 3.63) is 53.6 Å². The van der Waals surface area contributed by atoms with E-state index < -0.39 is 84.5 Å². The number of nitrogens with two attached hydrogens (primary N) is 1. The number of rotatable bonds is 6. The maximum absolute atomic E-state index is 13.3. The summed E-state index contributed by atoms with van der Waals surface area (Å²) in [6.45, 7) is 0. The van der Waals surface area contributed by atoms with Crippen LogP contribution in [0.25, 0.3) is 0 Å². The fourth-order valence-corrected chi connectivity index (χ4v) is 6.36. The van der Waals surface area contributed by atoms with Crippen LogP contribution in [0.4, 0.5) is 32.0 Å². The fraction of sp³-hybridized carbons (Fsp3) is 0.350. The van der Waals surface area contributed by atoms with Crippen molar-refractivity contribution in [2.45, 2.75) is 46.9 Å². The maximum atomic E-state index is 13.3. The molecule has 8 nitrogen and oxygen atoms in total. The second kappa shape index (κ2) is 7.82. The molecule has 36 heavy (non-hydrogen) atoms. The van der Waals surface area contributed by atoms with E-state index in [9.17, 15) is 48.0 Å². The van der Waals surface area contributed by atoms with Gasteiger partial charge in [-0.15, -0.1) is 0 Å². The van der Waals surface area contributed by atoms with Crippen LogP contribution in [0, 0.1) is 5.41 Å². The van der Waals surface area contributed by atoms with Gasteiger partial charge < -0.3 is 5.32 Å². The van der Waals surface area contributed by atoms with E-state index in [2.05, 4.69) is 5.32 Å². The standard InChI is InChI=1S/C20H17F6N3O5S2/c21-19(22,23)11-1-6-14(16(30)28-18-8-17(9-18,10-18)20(24,25)26)15(7-11)36(33,34)29-12-2-4-13(5-3-12)35(27,31)32/h1-7,29H,8-10H2,(H,28,30)(H2,27,31,32). The van der Waals surface area contributed by atoms with Gasteiger partial charge in [0.05, 0.1) is 21.4 Å². The first-order valence-corrected chi connectivity index (χ1v) is 13.1. The molecule has 4 N–H and O–H groups in total. The Morgan fingerprint density at radius 3 is 1.92 bits per heavy atom. The minimum atomic E-state index is -4.97. The van der Waals surface area contributed by atoms with Gasteiger partial charge in [0.25, 0.3) is 15.9 Å². The molecule has 3 saturated carbocycles. The second-order valence-electron chi connectivity index (χ2n) is 8.93. The van der Waals surface area contributed by atoms with E-state index in [0.717, 1.165) is 24.3 Å². The van der Waals surface area contributed by atoms with E-state index in [1.54, 1.807) is 0 Å². The number of benzene rings is 2. The molecule has 0 saturated heterocycles. The summed E-state index contributed by atoms with van der Waals surface area (Å²) in [5.74, 6) is -1.15. The second-order valence-corrected chi connectivity index (χ2v) is 12.1. The Kier molecular flexibility index (Phi) is 5.70. The largest absolute Gasteiger partial charge is 0.416 e. The lowest BCUT2D eigenvalue weighted by Crippen LogP contribution is -2.78. The molecule has 0 atom stereocenters. The van der Waals surface area contributed by atoms with Crippen molar-refractivity contribution in [3.8, 4) is 0 Å². The Morgan fingerprint density at radius 1 is 0.889 bits per heavy atom. The highest BCUT2D eigenvalue weighted by Gasteiger charge is 2.79. The quantitative estimate of drug-likeness (QED) is 0.468. The maximum Gasteiger partial charge on any atom is 0.416 e. The first-order valence-electron chi connectivity index (χ1n) is 10.0. The molecule has 0 spiro atoms. The highest BCUT2D eigenvalue weighted by molar-refractivity contribution is 7.92. The number of carbonyl (C=O) groups excluding carboxylic acids is 1. The zero-order chi connectivity index (χ0) is 26.9. The Balaban J connectivity index is 1.64. The molecule has 1 amide bonds. The van der Waals surface area contributed by atoms with Crippen molar-refractivity contribution in [1.82, 2.24) is 5.32 Å². The average Bonchev–Trinajstić information content (AvgIpc) is 2.66. The number of amides is 1. The summed E-state index contributed by atoms with van der Waals surface area (Å²) in [4.78, 5) is 11.4. The Labute approximate surface area is 201 Å². The Bertz CT molecular complexity index is 1430. The molecule has 0 radical (unpaired) electrons. The molecule has 0 aliphatic heterocycles. The first-order chi connectivity index (χ1) is 16.3. The van der Waals surface area contributed by atoms with Crippen molar-refractivity contribution in [1.29, 1.82) is 0 Å². The van der Waals surface area contributed by atoms with Gasteiger partial charge in [-0.1, -0.05) is 0 Å². The molecule has 3 aliphatic rings. The fourth-order valence-electron chi connectivity index (χ4n) is 4.56. The van der Waals surface area contributed by atoms with E-state index in [0.29, 0.717) is 12.1 Å². The van der Waals surface area contributed by atoms with Crippen LogP contribution in [0.5, 0.6) is 0 Å². The highest BCUT2D eigenvalue weighted by atomic mass is 32.2. The predicted molar refractivity (Wildman–Crippen MR) is 113 cm³/mol. The van der Waals surface area contributed by atoms with Crippen LogP contribution in [-0.2, 0) is 26.2 Å². The van der Waals surface area contributed by atoms with Crippen molar-refractivity contribution < 1.29 is 48.0 Å². The zero-order valence-corrected chi connectivity index (χ0v) is 19.5. The number of halogens is 6. The van der Waals surface area contributed by atoms with Crippen molar-refractivity contribution in [2.24, 2.45) is 10.6 Å². The molecule has 3 fully saturated rings. The molecule has 0 heterocycles. The third-order valence-corrected chi connectivity index (χ3v) is 8.64. The van der Waals surface area contributed by atoms with Gasteiger partial charge >= 0.3 is 12.4 Å². The summed E-state index contributed by atoms with van der Waals surface area (Å²) >= 11 is 0. The number of sulfonamides is 2. The normalized spacial score (nSPS) is 23.9. The molecule has 196 valence electrons. The van der Waals surface area contributed by atoms with Crippen LogP contribution in [0.2, 0.25) is 0 Å². The summed E-state index contributed by atoms with van der Waals surface area (Å²) in [5, 5.41) is 7.30. The molecule has 16 heteroatoms. The van der Waals surface area contributed by atoms with Gasteiger partial charge in [0.15, 0.2) is 0 Å². The van der Waals surface area contributed by atoms with E-state index in [-0.39, 0.29) is 16.6 Å². The number of carbonyl (C=O) groups is 1. The summed E-state index contributed by atoms with van der Waals surface area (Å²) in [6, 6.07) is 5.22. The summed E-state index contributed by atoms with van der Waals surface area (Å²) in [5.41, 5.74) is -5.47. The molecule has 5 rings (SSSR count). The molecule has 0 aromatic heterocycles. The molecule has 3 aliphatic carbocycles. The van der Waals surface area contributed by atoms with Gasteiger partial charge in [0.2, 0.25) is 10.0 Å². The predicted octanol–water partition coefficient (Wildman–Crippen LogP) is 3.37. The molecular weight excluding hydrogens is 540 g/mol. The van der Waals surface area contributed by atoms with Crippen molar-refractivity contribution >= 4 is 31.6 Å². The van der Waals surface area contributed by atoms with E-state index in [4.69, 9.17) is 5.14 Å². The first kappa shape index (κ1) is 26.2. The number of hydrogen-bond acceptors (Lipinski definition) is 5. The van der Waals surface area contributed by atoms with Gasteiger partial charge in [0, 0.05) is 11.2 Å². The van der Waals surface area contributed by atoms with E-state index in [1.165, 1.54) is 0 Å². The number of anilines is 1. The third kappa shape index (κ3) is 4.52. The van der Waals surface area contributed by atoms with Crippen LogP contribution >= 0.6 is 0 Å². The minimum absolute atomic E-state index is 0.231. The zero-order valence-electron chi connectivity index (χ0n) is 17.9. The van der Waals surface area contributed by atoms with Gasteiger partial charge in [-0.3, -0.25) is 9.52 Å². The van der Waals surface area contributed by atoms with Gasteiger partial charge in [0.1, 0.15) is 4.90 Å². The number of hydrogen-bond donors (Lipinski definition) is 3. The lowest BCUT2D eigenvalue weighted by atomic mass is 9.39. The highest BCUT2D eigenvalue weighted by Crippen LogP contribution is 2.73. The van der Waals surface area contributed by atoms with Crippen LogP contribution in [0.15, 0.2) is 52.3 Å². The minimum Gasteiger partial charge on any atom is -0.346 e. The van der Waals surface area contributed by atoms with E-state index >= 15 is 0 Å². The van der Waals surface area contributed by atoms with Crippen LogP contribution < -0.4 is 15.2 Å². The monoisotopic (exact) mass is 557 g/mol. The lowest BCUT2D eigenvalue weighted by molar-refractivity contribution is -0.336. The molecule has 2 bridgehead atoms. The number of alkyl halides is 6. The Morgan fingerprint density at radius 2 is 1.44 bits per heavy atom. The third-order valence-electron chi connectivity index (χ3n) is 6.29. The van der Waals surface area contributed by atoms with Crippen molar-refractivity contribution in [2.75, 3.05) is 4.72 Å². The van der Waals surface area contributed by atoms with E-state index in [1.807, 2.05) is 4.72 Å². The van der Waals surface area contributed by atoms with Gasteiger partial charge in [-0.05, 0) is 61.7 Å². The Hall–Kier alpha value is -2.85. The molecule has 2 aromatic carbocycles. The van der Waals surface area contributed by atoms with Crippen LogP contribution in [0.1, 0.15) is 35.2 Å². The summed E-state index contributed by atoms with van der Waals surface area (Å²) in [7, 11) is -8.96. The average molecular weight is 557 g/mol. The number of nitrogens with one attached hydrogen (secondary N) is 2. The van der Waals surface area contributed by atoms with Crippen LogP contribution in [-0.4, -0.2) is 34.5 Å². The van der Waals surface area contributed by atoms with Crippen LogP contribution in [0.3, 0.4) is 0 Å². The molecular formula is C20H17F6N3O5S2. The lowest BCUT2D eigenvalue weighted by Gasteiger charge is -2.70. The summed E-state index contributed by atoms with van der Waals surface area (Å²) in [6.07, 6.45) is -10.7. The SMILES string of the molecule is NS(=O)(=O)c1ccc(NS(=O)(=O)c2cc(C(F)(F)F)ccc2C(=O)NC23CC(C(F)(F)F)(C2)C3)cc1. The van der Waals surface area contributed by atoms with Gasteiger partial charge in [-0.2, -0.15) is 26.3 Å². The van der Waals surface area contributed by atoms with Crippen molar-refractivity contribution in [3.63, 3.8) is 0 Å². The topological polar surface area (TPSA) is 135 Å². The van der Waals surface area contributed by atoms with Gasteiger partial charge in [-0.25, -0.2) is 22.0 Å². The molecule has 2 aromatic rings.